The summed E-state index contributed by atoms with van der Waals surface area (Å²) < 4.78 is 5.96. The van der Waals surface area contributed by atoms with E-state index in [1.165, 1.54) is 64.2 Å². The second kappa shape index (κ2) is 14.3. The number of allylic oxidation sites excluding steroid dienone is 1. The van der Waals surface area contributed by atoms with Gasteiger partial charge in [-0.05, 0) is 60.5 Å². The van der Waals surface area contributed by atoms with Crippen LogP contribution in [-0.2, 0) is 14.3 Å². The molecule has 4 aliphatic rings. The van der Waals surface area contributed by atoms with Crippen molar-refractivity contribution in [3.8, 4) is 0 Å². The predicted molar refractivity (Wildman–Crippen MR) is 170 cm³/mol. The highest BCUT2D eigenvalue weighted by molar-refractivity contribution is 5.95. The number of carbonyl (C=O) groups excluding carboxylic acids is 2. The SMILES string of the molecule is CCCCCCCCCCCCCCCC(=O)OC1C(C)=CC23CC(C)CC4C(C(C=C(CO)C(O)C12O)C3=O)C4(C)C. The van der Waals surface area contributed by atoms with Gasteiger partial charge < -0.3 is 20.1 Å². The molecule has 6 heteroatoms. The molecule has 0 saturated heterocycles. The van der Waals surface area contributed by atoms with Crippen LogP contribution < -0.4 is 0 Å². The summed E-state index contributed by atoms with van der Waals surface area (Å²) in [6.07, 6.45) is 18.3. The zero-order chi connectivity index (χ0) is 31.4. The van der Waals surface area contributed by atoms with Crippen molar-refractivity contribution < 1.29 is 29.6 Å². The molecule has 2 saturated carbocycles. The first kappa shape index (κ1) is 34.4. The van der Waals surface area contributed by atoms with Crippen LogP contribution in [0.5, 0.6) is 0 Å². The fraction of sp³-hybridized carbons (Fsp3) is 0.838. The van der Waals surface area contributed by atoms with E-state index in [9.17, 15) is 24.9 Å². The molecule has 43 heavy (non-hydrogen) atoms. The van der Waals surface area contributed by atoms with Crippen molar-refractivity contribution in [2.75, 3.05) is 6.61 Å². The molecule has 3 N–H and O–H groups in total. The van der Waals surface area contributed by atoms with Gasteiger partial charge in [0.15, 0.2) is 17.5 Å². The smallest absolute Gasteiger partial charge is 0.306 e. The molecule has 244 valence electrons. The molecule has 0 aromatic carbocycles. The Hall–Kier alpha value is -1.50. The van der Waals surface area contributed by atoms with Gasteiger partial charge in [-0.15, -0.1) is 0 Å². The van der Waals surface area contributed by atoms with E-state index in [-0.39, 0.29) is 35.0 Å². The molecule has 0 aromatic heterocycles. The van der Waals surface area contributed by atoms with Gasteiger partial charge in [-0.3, -0.25) is 9.59 Å². The summed E-state index contributed by atoms with van der Waals surface area (Å²) in [4.78, 5) is 27.6. The number of Topliss-reactive ketones (excluding diaryl/α,β-unsaturated/α-hetero) is 1. The molecular formula is C37H60O6. The van der Waals surface area contributed by atoms with Gasteiger partial charge in [0.05, 0.1) is 12.0 Å². The van der Waals surface area contributed by atoms with Crippen LogP contribution in [0, 0.1) is 34.5 Å². The number of aliphatic hydroxyl groups excluding tert-OH is 2. The molecule has 0 heterocycles. The number of unbranched alkanes of at least 4 members (excludes halogenated alkanes) is 12. The third-order valence-corrected chi connectivity index (χ3v) is 11.7. The minimum absolute atomic E-state index is 0.0261. The minimum Gasteiger partial charge on any atom is -0.455 e. The molecule has 0 aromatic rings. The Morgan fingerprint density at radius 2 is 1.53 bits per heavy atom. The van der Waals surface area contributed by atoms with Crippen molar-refractivity contribution in [1.82, 2.24) is 0 Å². The van der Waals surface area contributed by atoms with E-state index in [2.05, 4.69) is 27.7 Å². The zero-order valence-electron chi connectivity index (χ0n) is 27.7. The summed E-state index contributed by atoms with van der Waals surface area (Å²) in [6.45, 7) is 10.1. The Morgan fingerprint density at radius 3 is 2.09 bits per heavy atom. The number of hydrogen-bond acceptors (Lipinski definition) is 6. The summed E-state index contributed by atoms with van der Waals surface area (Å²) in [5.74, 6) is -0.404. The molecule has 8 atom stereocenters. The third kappa shape index (κ3) is 6.72. The lowest BCUT2D eigenvalue weighted by Gasteiger charge is -2.47. The molecule has 6 nitrogen and oxygen atoms in total. The Morgan fingerprint density at radius 1 is 0.977 bits per heavy atom. The number of rotatable bonds is 16. The van der Waals surface area contributed by atoms with E-state index in [4.69, 9.17) is 4.74 Å². The summed E-state index contributed by atoms with van der Waals surface area (Å²) in [7, 11) is 0. The van der Waals surface area contributed by atoms with Gasteiger partial charge in [0.1, 0.15) is 6.10 Å². The fourth-order valence-corrected chi connectivity index (χ4v) is 9.20. The first-order valence-corrected chi connectivity index (χ1v) is 17.6. The van der Waals surface area contributed by atoms with Crippen molar-refractivity contribution in [3.63, 3.8) is 0 Å². The largest absolute Gasteiger partial charge is 0.455 e. The monoisotopic (exact) mass is 600 g/mol. The standard InChI is InChI=1S/C37H60O6/c1-6-7-8-9-10-11-12-13-14-15-16-17-18-19-30(39)43-34-26(3)23-36-22-25(2)20-29-31(35(29,4)5)28(33(36)41)21-27(24-38)32(40)37(34,36)42/h21,23,25,28-29,31-32,34,38,40,42H,6-20,22,24H2,1-5H3. The van der Waals surface area contributed by atoms with Crippen LogP contribution in [0.3, 0.4) is 0 Å². The van der Waals surface area contributed by atoms with Gasteiger partial charge in [0.25, 0.3) is 0 Å². The molecule has 0 aliphatic heterocycles. The van der Waals surface area contributed by atoms with Crippen LogP contribution in [0.25, 0.3) is 0 Å². The van der Waals surface area contributed by atoms with Gasteiger partial charge in [-0.2, -0.15) is 0 Å². The molecule has 4 rings (SSSR count). The molecule has 0 amide bonds. The van der Waals surface area contributed by atoms with Crippen molar-refractivity contribution in [3.05, 3.63) is 23.3 Å². The van der Waals surface area contributed by atoms with Gasteiger partial charge in [-0.25, -0.2) is 0 Å². The number of carbonyl (C=O) groups is 2. The van der Waals surface area contributed by atoms with Crippen molar-refractivity contribution in [1.29, 1.82) is 0 Å². The van der Waals surface area contributed by atoms with E-state index >= 15 is 0 Å². The van der Waals surface area contributed by atoms with Crippen LogP contribution in [0.1, 0.15) is 137 Å². The van der Waals surface area contributed by atoms with Gasteiger partial charge in [0.2, 0.25) is 0 Å². The summed E-state index contributed by atoms with van der Waals surface area (Å²) >= 11 is 0. The number of hydrogen-bond donors (Lipinski definition) is 3. The predicted octanol–water partition coefficient (Wildman–Crippen LogP) is 7.24. The van der Waals surface area contributed by atoms with Crippen molar-refractivity contribution in [2.45, 2.75) is 155 Å². The molecule has 0 radical (unpaired) electrons. The van der Waals surface area contributed by atoms with Gasteiger partial charge in [0, 0.05) is 12.3 Å². The summed E-state index contributed by atoms with van der Waals surface area (Å²) in [5, 5.41) is 34.5. The Labute approximate surface area is 260 Å². The first-order chi connectivity index (χ1) is 20.5. The second-order valence-electron chi connectivity index (χ2n) is 15.2. The third-order valence-electron chi connectivity index (χ3n) is 11.7. The maximum atomic E-state index is 14.5. The van der Waals surface area contributed by atoms with E-state index < -0.39 is 41.7 Å². The van der Waals surface area contributed by atoms with Gasteiger partial charge >= 0.3 is 5.97 Å². The number of ether oxygens (including phenoxy) is 1. The lowest BCUT2D eigenvalue weighted by molar-refractivity contribution is -0.199. The maximum Gasteiger partial charge on any atom is 0.306 e. The topological polar surface area (TPSA) is 104 Å². The quantitative estimate of drug-likeness (QED) is 0.0980. The Kier molecular flexibility index (Phi) is 11.4. The number of fused-ring (bicyclic) bond motifs is 3. The lowest BCUT2D eigenvalue weighted by Crippen LogP contribution is -2.64. The average Bonchev–Trinajstić information content (AvgIpc) is 3.42. The van der Waals surface area contributed by atoms with Crippen LogP contribution in [-0.4, -0.2) is 51.5 Å². The highest BCUT2D eigenvalue weighted by Gasteiger charge is 2.73. The lowest BCUT2D eigenvalue weighted by atomic mass is 9.60. The van der Waals surface area contributed by atoms with E-state index in [0.717, 1.165) is 25.7 Å². The van der Waals surface area contributed by atoms with Crippen LogP contribution in [0.2, 0.25) is 0 Å². The maximum absolute atomic E-state index is 14.5. The minimum atomic E-state index is -2.05. The Balaban J connectivity index is 1.33. The van der Waals surface area contributed by atoms with Crippen LogP contribution in [0.15, 0.2) is 23.3 Å². The Bertz CT molecular complexity index is 1040. The van der Waals surface area contributed by atoms with Crippen LogP contribution >= 0.6 is 0 Å². The molecule has 1 spiro atoms. The van der Waals surface area contributed by atoms with Crippen molar-refractivity contribution in [2.24, 2.45) is 34.5 Å². The molecule has 2 fully saturated rings. The number of esters is 1. The molecule has 4 aliphatic carbocycles. The summed E-state index contributed by atoms with van der Waals surface area (Å²) in [5.41, 5.74) is -2.60. The highest BCUT2D eigenvalue weighted by Crippen LogP contribution is 2.69. The zero-order valence-corrected chi connectivity index (χ0v) is 27.7. The van der Waals surface area contributed by atoms with Crippen molar-refractivity contribution >= 4 is 11.8 Å². The van der Waals surface area contributed by atoms with Gasteiger partial charge in [-0.1, -0.05) is 117 Å². The molecular weight excluding hydrogens is 540 g/mol. The molecule has 8 unspecified atom stereocenters. The fourth-order valence-electron chi connectivity index (χ4n) is 9.20. The molecule has 2 bridgehead atoms. The number of ketones is 1. The second-order valence-corrected chi connectivity index (χ2v) is 15.2. The highest BCUT2D eigenvalue weighted by atomic mass is 16.6. The van der Waals surface area contributed by atoms with E-state index in [1.807, 2.05) is 0 Å². The number of aliphatic hydroxyl groups is 3. The first-order valence-electron chi connectivity index (χ1n) is 17.6. The van der Waals surface area contributed by atoms with E-state index in [0.29, 0.717) is 17.9 Å². The average molecular weight is 601 g/mol. The van der Waals surface area contributed by atoms with Crippen LogP contribution in [0.4, 0.5) is 0 Å². The van der Waals surface area contributed by atoms with E-state index in [1.54, 1.807) is 19.1 Å². The summed E-state index contributed by atoms with van der Waals surface area (Å²) in [6, 6.07) is 0. The normalized spacial score (nSPS) is 36.0.